The minimum atomic E-state index is 0.00496. The van der Waals surface area contributed by atoms with E-state index in [1.54, 1.807) is 0 Å². The van der Waals surface area contributed by atoms with Crippen molar-refractivity contribution in [3.63, 3.8) is 0 Å². The molecule has 0 spiro atoms. The molecule has 3 heteroatoms. The molecule has 0 aliphatic heterocycles. The van der Waals surface area contributed by atoms with Gasteiger partial charge in [-0.15, -0.1) is 0 Å². The van der Waals surface area contributed by atoms with E-state index >= 15 is 0 Å². The van der Waals surface area contributed by atoms with E-state index in [1.165, 1.54) is 24.8 Å². The lowest BCUT2D eigenvalue weighted by molar-refractivity contribution is 0.0954. The number of benzene rings is 1. The Morgan fingerprint density at radius 1 is 1.06 bits per heavy atom. The number of hydrogen-bond acceptors (Lipinski definition) is 2. The van der Waals surface area contributed by atoms with Crippen LogP contribution in [-0.4, -0.2) is 25.5 Å². The Hall–Kier alpha value is -1.35. The van der Waals surface area contributed by atoms with Crippen molar-refractivity contribution in [1.82, 2.24) is 10.6 Å². The summed E-state index contributed by atoms with van der Waals surface area (Å²) >= 11 is 0. The summed E-state index contributed by atoms with van der Waals surface area (Å²) in [5.74, 6) is 0.00496. The van der Waals surface area contributed by atoms with Gasteiger partial charge in [-0.25, -0.2) is 0 Å². The highest BCUT2D eigenvalue weighted by Gasteiger charge is 2.02. The number of amides is 1. The molecular formula is C15H24N2O. The van der Waals surface area contributed by atoms with E-state index in [2.05, 4.69) is 17.6 Å². The number of nitrogens with one attached hydrogen (secondary N) is 2. The Kier molecular flexibility index (Phi) is 7.11. The van der Waals surface area contributed by atoms with E-state index in [0.717, 1.165) is 18.7 Å². The number of unbranched alkanes of at least 4 members (excludes halogenated alkanes) is 2. The molecule has 0 bridgehead atoms. The van der Waals surface area contributed by atoms with E-state index in [-0.39, 0.29) is 5.91 Å². The van der Waals surface area contributed by atoms with E-state index in [9.17, 15) is 4.79 Å². The third-order valence-corrected chi connectivity index (χ3v) is 2.86. The van der Waals surface area contributed by atoms with Gasteiger partial charge in [0, 0.05) is 18.7 Å². The lowest BCUT2D eigenvalue weighted by atomic mass is 10.1. The molecule has 0 aromatic heterocycles. The summed E-state index contributed by atoms with van der Waals surface area (Å²) in [4.78, 5) is 11.8. The average molecular weight is 248 g/mol. The van der Waals surface area contributed by atoms with Crippen LogP contribution in [-0.2, 0) is 0 Å². The van der Waals surface area contributed by atoms with Crippen molar-refractivity contribution >= 4 is 5.91 Å². The molecule has 1 aromatic carbocycles. The fourth-order valence-corrected chi connectivity index (χ4v) is 1.70. The molecule has 0 saturated carbocycles. The van der Waals surface area contributed by atoms with Crippen molar-refractivity contribution < 1.29 is 4.79 Å². The monoisotopic (exact) mass is 248 g/mol. The van der Waals surface area contributed by atoms with Gasteiger partial charge >= 0.3 is 0 Å². The van der Waals surface area contributed by atoms with Crippen LogP contribution >= 0.6 is 0 Å². The predicted octanol–water partition coefficient (Wildman–Crippen LogP) is 2.50. The lowest BCUT2D eigenvalue weighted by Crippen LogP contribution is -2.32. The van der Waals surface area contributed by atoms with Gasteiger partial charge in [0.15, 0.2) is 0 Å². The van der Waals surface area contributed by atoms with Crippen LogP contribution in [0.1, 0.15) is 42.1 Å². The molecule has 0 fully saturated rings. The standard InChI is InChI=1S/C15H24N2O/c1-3-4-5-10-16-11-12-17-15(18)14-8-6-13(2)7-9-14/h6-9,16H,3-5,10-12H2,1-2H3,(H,17,18). The van der Waals surface area contributed by atoms with Crippen LogP contribution in [0.3, 0.4) is 0 Å². The summed E-state index contributed by atoms with van der Waals surface area (Å²) in [7, 11) is 0. The Morgan fingerprint density at radius 3 is 2.44 bits per heavy atom. The maximum absolute atomic E-state index is 11.8. The van der Waals surface area contributed by atoms with Gasteiger partial charge in [-0.05, 0) is 32.0 Å². The molecule has 0 saturated heterocycles. The first kappa shape index (κ1) is 14.7. The topological polar surface area (TPSA) is 41.1 Å². The maximum atomic E-state index is 11.8. The van der Waals surface area contributed by atoms with Crippen LogP contribution in [0.25, 0.3) is 0 Å². The van der Waals surface area contributed by atoms with Crippen molar-refractivity contribution in [2.75, 3.05) is 19.6 Å². The minimum Gasteiger partial charge on any atom is -0.351 e. The highest BCUT2D eigenvalue weighted by atomic mass is 16.1. The number of hydrogen-bond donors (Lipinski definition) is 2. The van der Waals surface area contributed by atoms with Crippen LogP contribution in [0.5, 0.6) is 0 Å². The Labute approximate surface area is 110 Å². The number of aryl methyl sites for hydroxylation is 1. The fourth-order valence-electron chi connectivity index (χ4n) is 1.70. The third-order valence-electron chi connectivity index (χ3n) is 2.86. The smallest absolute Gasteiger partial charge is 0.251 e. The number of carbonyl (C=O) groups is 1. The molecule has 0 heterocycles. The van der Waals surface area contributed by atoms with Crippen molar-refractivity contribution in [3.05, 3.63) is 35.4 Å². The lowest BCUT2D eigenvalue weighted by Gasteiger charge is -2.07. The maximum Gasteiger partial charge on any atom is 0.251 e. The predicted molar refractivity (Wildman–Crippen MR) is 75.9 cm³/mol. The van der Waals surface area contributed by atoms with E-state index in [0.29, 0.717) is 6.54 Å². The molecule has 0 radical (unpaired) electrons. The van der Waals surface area contributed by atoms with Gasteiger partial charge in [0.05, 0.1) is 0 Å². The minimum absolute atomic E-state index is 0.00496. The Balaban J connectivity index is 2.12. The number of rotatable bonds is 8. The zero-order chi connectivity index (χ0) is 13.2. The summed E-state index contributed by atoms with van der Waals surface area (Å²) in [6.45, 7) is 6.76. The zero-order valence-corrected chi connectivity index (χ0v) is 11.5. The fraction of sp³-hybridized carbons (Fsp3) is 0.533. The van der Waals surface area contributed by atoms with Crippen LogP contribution in [0.2, 0.25) is 0 Å². The van der Waals surface area contributed by atoms with E-state index in [4.69, 9.17) is 0 Å². The second-order valence-corrected chi connectivity index (χ2v) is 4.58. The van der Waals surface area contributed by atoms with Gasteiger partial charge in [0.1, 0.15) is 0 Å². The second-order valence-electron chi connectivity index (χ2n) is 4.58. The molecule has 1 rings (SSSR count). The first-order chi connectivity index (χ1) is 8.74. The van der Waals surface area contributed by atoms with Crippen LogP contribution in [0, 0.1) is 6.92 Å². The summed E-state index contributed by atoms with van der Waals surface area (Å²) in [5.41, 5.74) is 1.90. The summed E-state index contributed by atoms with van der Waals surface area (Å²) in [6.07, 6.45) is 3.72. The zero-order valence-electron chi connectivity index (χ0n) is 11.5. The molecule has 1 amide bonds. The van der Waals surface area contributed by atoms with Crippen LogP contribution in [0.15, 0.2) is 24.3 Å². The Morgan fingerprint density at radius 2 is 1.78 bits per heavy atom. The van der Waals surface area contributed by atoms with Gasteiger partial charge in [-0.2, -0.15) is 0 Å². The van der Waals surface area contributed by atoms with Gasteiger partial charge in [0.25, 0.3) is 5.91 Å². The molecule has 0 aliphatic carbocycles. The molecule has 18 heavy (non-hydrogen) atoms. The van der Waals surface area contributed by atoms with Gasteiger partial charge in [0.2, 0.25) is 0 Å². The van der Waals surface area contributed by atoms with Gasteiger partial charge in [-0.1, -0.05) is 37.5 Å². The molecule has 0 atom stereocenters. The first-order valence-electron chi connectivity index (χ1n) is 6.79. The normalized spacial score (nSPS) is 10.3. The molecule has 100 valence electrons. The quantitative estimate of drug-likeness (QED) is 0.694. The van der Waals surface area contributed by atoms with E-state index in [1.807, 2.05) is 31.2 Å². The first-order valence-corrected chi connectivity index (χ1v) is 6.79. The van der Waals surface area contributed by atoms with E-state index < -0.39 is 0 Å². The van der Waals surface area contributed by atoms with Crippen molar-refractivity contribution in [3.8, 4) is 0 Å². The van der Waals surface area contributed by atoms with Gasteiger partial charge < -0.3 is 10.6 Å². The molecule has 1 aromatic rings. The van der Waals surface area contributed by atoms with Crippen molar-refractivity contribution in [1.29, 1.82) is 0 Å². The SMILES string of the molecule is CCCCCNCCNC(=O)c1ccc(C)cc1. The van der Waals surface area contributed by atoms with Crippen molar-refractivity contribution in [2.45, 2.75) is 33.1 Å². The van der Waals surface area contributed by atoms with Gasteiger partial charge in [-0.3, -0.25) is 4.79 Å². The molecular weight excluding hydrogens is 224 g/mol. The molecule has 3 nitrogen and oxygen atoms in total. The van der Waals surface area contributed by atoms with Crippen LogP contribution < -0.4 is 10.6 Å². The largest absolute Gasteiger partial charge is 0.351 e. The second kappa shape index (κ2) is 8.70. The summed E-state index contributed by atoms with van der Waals surface area (Å²) in [5, 5.41) is 6.23. The summed E-state index contributed by atoms with van der Waals surface area (Å²) in [6, 6.07) is 7.63. The number of carbonyl (C=O) groups excluding carboxylic acids is 1. The highest BCUT2D eigenvalue weighted by Crippen LogP contribution is 2.02. The molecule has 2 N–H and O–H groups in total. The van der Waals surface area contributed by atoms with Crippen LogP contribution in [0.4, 0.5) is 0 Å². The average Bonchev–Trinajstić information content (AvgIpc) is 2.38. The third kappa shape index (κ3) is 5.82. The highest BCUT2D eigenvalue weighted by molar-refractivity contribution is 5.94. The molecule has 0 aliphatic rings. The molecule has 0 unspecified atom stereocenters. The Bertz CT molecular complexity index is 346. The van der Waals surface area contributed by atoms with Crippen molar-refractivity contribution in [2.24, 2.45) is 0 Å². The summed E-state index contributed by atoms with van der Waals surface area (Å²) < 4.78 is 0.